The Labute approximate surface area is 126 Å². The molecule has 1 saturated heterocycles. The van der Waals surface area contributed by atoms with Crippen LogP contribution in [0.2, 0.25) is 0 Å². The van der Waals surface area contributed by atoms with Crippen LogP contribution in [-0.4, -0.2) is 30.6 Å². The lowest BCUT2D eigenvalue weighted by molar-refractivity contribution is 0.160. The van der Waals surface area contributed by atoms with Crippen molar-refractivity contribution in [2.75, 3.05) is 19.6 Å². The topological polar surface area (TPSA) is 39.1 Å². The van der Waals surface area contributed by atoms with E-state index in [9.17, 15) is 4.39 Å². The second-order valence-corrected chi connectivity index (χ2v) is 6.13. The first-order chi connectivity index (χ1) is 10.1. The summed E-state index contributed by atoms with van der Waals surface area (Å²) in [6.07, 6.45) is 2.37. The Morgan fingerprint density at radius 2 is 2.10 bits per heavy atom. The van der Waals surface area contributed by atoms with Crippen molar-refractivity contribution in [1.29, 1.82) is 5.26 Å². The fourth-order valence-corrected chi connectivity index (χ4v) is 2.84. The lowest BCUT2D eigenvalue weighted by atomic mass is 9.96. The van der Waals surface area contributed by atoms with Crippen molar-refractivity contribution in [3.8, 4) is 6.07 Å². The molecule has 0 aliphatic carbocycles. The van der Waals surface area contributed by atoms with Crippen LogP contribution in [0.1, 0.15) is 37.8 Å². The van der Waals surface area contributed by atoms with Crippen molar-refractivity contribution in [3.63, 3.8) is 0 Å². The quantitative estimate of drug-likeness (QED) is 0.906. The van der Waals surface area contributed by atoms with E-state index in [0.29, 0.717) is 29.6 Å². The number of halogens is 1. The maximum atomic E-state index is 14.0. The highest BCUT2D eigenvalue weighted by Crippen LogP contribution is 2.19. The summed E-state index contributed by atoms with van der Waals surface area (Å²) in [4.78, 5) is 2.32. The van der Waals surface area contributed by atoms with Gasteiger partial charge in [-0.3, -0.25) is 4.90 Å². The third-order valence-electron chi connectivity index (χ3n) is 4.23. The number of rotatable bonds is 5. The molecule has 0 atom stereocenters. The predicted octanol–water partition coefficient (Wildman–Crippen LogP) is 2.91. The van der Waals surface area contributed by atoms with Gasteiger partial charge in [0.25, 0.3) is 0 Å². The Kier molecular flexibility index (Phi) is 5.72. The normalized spacial score (nSPS) is 16.4. The largest absolute Gasteiger partial charge is 0.317 e. The van der Waals surface area contributed by atoms with Gasteiger partial charge in [0.1, 0.15) is 5.82 Å². The molecular formula is C17H24FN3. The summed E-state index contributed by atoms with van der Waals surface area (Å²) in [5.41, 5.74) is 1.15. The standard InChI is InChI=1S/C17H24FN3/c1-13(2)21(11-14-5-7-20-8-6-14)12-16-9-15(10-19)3-4-17(16)18/h3-4,9,13-14,20H,5-8,11-12H2,1-2H3. The molecule has 1 fully saturated rings. The number of benzene rings is 1. The highest BCUT2D eigenvalue weighted by molar-refractivity contribution is 5.33. The van der Waals surface area contributed by atoms with Gasteiger partial charge in [-0.2, -0.15) is 5.26 Å². The van der Waals surface area contributed by atoms with Gasteiger partial charge in [-0.1, -0.05) is 0 Å². The van der Waals surface area contributed by atoms with Gasteiger partial charge < -0.3 is 5.32 Å². The van der Waals surface area contributed by atoms with Gasteiger partial charge in [0.05, 0.1) is 11.6 Å². The van der Waals surface area contributed by atoms with E-state index < -0.39 is 0 Å². The molecule has 1 N–H and O–H groups in total. The zero-order chi connectivity index (χ0) is 15.2. The molecule has 21 heavy (non-hydrogen) atoms. The first kappa shape index (κ1) is 15.9. The van der Waals surface area contributed by atoms with Gasteiger partial charge in [-0.05, 0) is 63.9 Å². The maximum Gasteiger partial charge on any atom is 0.127 e. The number of hydrogen-bond donors (Lipinski definition) is 1. The fraction of sp³-hybridized carbons (Fsp3) is 0.588. The van der Waals surface area contributed by atoms with E-state index in [0.717, 1.165) is 19.6 Å². The third-order valence-corrected chi connectivity index (χ3v) is 4.23. The summed E-state index contributed by atoms with van der Waals surface area (Å²) < 4.78 is 14.0. The SMILES string of the molecule is CC(C)N(Cc1cc(C#N)ccc1F)CC1CCNCC1. The van der Waals surface area contributed by atoms with Crippen molar-refractivity contribution >= 4 is 0 Å². The van der Waals surface area contributed by atoms with E-state index in [4.69, 9.17) is 5.26 Å². The maximum absolute atomic E-state index is 14.0. The van der Waals surface area contributed by atoms with Crippen molar-refractivity contribution in [2.24, 2.45) is 5.92 Å². The molecule has 2 rings (SSSR count). The fourth-order valence-electron chi connectivity index (χ4n) is 2.84. The van der Waals surface area contributed by atoms with Crippen LogP contribution in [0.5, 0.6) is 0 Å². The van der Waals surface area contributed by atoms with Gasteiger partial charge in [0.15, 0.2) is 0 Å². The molecule has 114 valence electrons. The van der Waals surface area contributed by atoms with Gasteiger partial charge in [0.2, 0.25) is 0 Å². The summed E-state index contributed by atoms with van der Waals surface area (Å²) in [6.45, 7) is 8.02. The predicted molar refractivity (Wildman–Crippen MR) is 82.3 cm³/mol. The molecule has 0 amide bonds. The van der Waals surface area contributed by atoms with Crippen molar-refractivity contribution in [1.82, 2.24) is 10.2 Å². The van der Waals surface area contributed by atoms with Crippen LogP contribution in [-0.2, 0) is 6.54 Å². The van der Waals surface area contributed by atoms with Crippen LogP contribution in [0, 0.1) is 23.1 Å². The van der Waals surface area contributed by atoms with Crippen molar-refractivity contribution < 1.29 is 4.39 Å². The Morgan fingerprint density at radius 1 is 1.38 bits per heavy atom. The zero-order valence-electron chi connectivity index (χ0n) is 12.9. The number of piperidine rings is 1. The van der Waals surface area contributed by atoms with Gasteiger partial charge in [-0.15, -0.1) is 0 Å². The van der Waals surface area contributed by atoms with E-state index in [1.807, 2.05) is 0 Å². The second kappa shape index (κ2) is 7.53. The molecule has 1 aliphatic heterocycles. The average Bonchev–Trinajstić information content (AvgIpc) is 2.49. The first-order valence-electron chi connectivity index (χ1n) is 7.73. The van der Waals surface area contributed by atoms with Crippen LogP contribution in [0.15, 0.2) is 18.2 Å². The second-order valence-electron chi connectivity index (χ2n) is 6.13. The third kappa shape index (κ3) is 4.52. The van der Waals surface area contributed by atoms with E-state index >= 15 is 0 Å². The minimum Gasteiger partial charge on any atom is -0.317 e. The minimum absolute atomic E-state index is 0.218. The molecular weight excluding hydrogens is 265 g/mol. The monoisotopic (exact) mass is 289 g/mol. The van der Waals surface area contributed by atoms with E-state index in [1.165, 1.54) is 25.0 Å². The summed E-state index contributed by atoms with van der Waals surface area (Å²) in [6, 6.07) is 7.06. The molecule has 0 bridgehead atoms. The van der Waals surface area contributed by atoms with E-state index in [1.54, 1.807) is 6.07 Å². The number of nitrogens with zero attached hydrogens (tertiary/aromatic N) is 2. The van der Waals surface area contributed by atoms with E-state index in [-0.39, 0.29) is 5.82 Å². The Bertz CT molecular complexity index is 501. The number of hydrogen-bond acceptors (Lipinski definition) is 3. The van der Waals surface area contributed by atoms with Crippen LogP contribution < -0.4 is 5.32 Å². The highest BCUT2D eigenvalue weighted by atomic mass is 19.1. The molecule has 0 radical (unpaired) electrons. The lowest BCUT2D eigenvalue weighted by Gasteiger charge is -2.33. The Hall–Kier alpha value is -1.44. The zero-order valence-corrected chi connectivity index (χ0v) is 12.9. The van der Waals surface area contributed by atoms with Crippen LogP contribution in [0.3, 0.4) is 0 Å². The molecule has 1 aromatic carbocycles. The Morgan fingerprint density at radius 3 is 2.71 bits per heavy atom. The van der Waals surface area contributed by atoms with Crippen molar-refractivity contribution in [3.05, 3.63) is 35.1 Å². The first-order valence-corrected chi connectivity index (χ1v) is 7.73. The lowest BCUT2D eigenvalue weighted by Crippen LogP contribution is -2.39. The minimum atomic E-state index is -0.218. The van der Waals surface area contributed by atoms with Crippen LogP contribution in [0.4, 0.5) is 4.39 Å². The van der Waals surface area contributed by atoms with Crippen LogP contribution >= 0.6 is 0 Å². The highest BCUT2D eigenvalue weighted by Gasteiger charge is 2.20. The summed E-state index contributed by atoms with van der Waals surface area (Å²) >= 11 is 0. The smallest absolute Gasteiger partial charge is 0.127 e. The molecule has 3 nitrogen and oxygen atoms in total. The molecule has 0 unspecified atom stereocenters. The molecule has 4 heteroatoms. The number of nitrogens with one attached hydrogen (secondary N) is 1. The summed E-state index contributed by atoms with van der Waals surface area (Å²) in [5.74, 6) is 0.459. The molecule has 1 heterocycles. The van der Waals surface area contributed by atoms with Crippen LogP contribution in [0.25, 0.3) is 0 Å². The Balaban J connectivity index is 2.07. The molecule has 0 spiro atoms. The van der Waals surface area contributed by atoms with Gasteiger partial charge in [-0.25, -0.2) is 4.39 Å². The molecule has 1 aromatic rings. The molecule has 0 saturated carbocycles. The summed E-state index contributed by atoms with van der Waals surface area (Å²) in [7, 11) is 0. The van der Waals surface area contributed by atoms with Gasteiger partial charge in [0, 0.05) is 24.7 Å². The average molecular weight is 289 g/mol. The van der Waals surface area contributed by atoms with Gasteiger partial charge >= 0.3 is 0 Å². The molecule has 1 aliphatic rings. The number of nitriles is 1. The van der Waals surface area contributed by atoms with Crippen molar-refractivity contribution in [2.45, 2.75) is 39.3 Å². The molecule has 0 aromatic heterocycles. The van der Waals surface area contributed by atoms with E-state index in [2.05, 4.69) is 30.1 Å². The summed E-state index contributed by atoms with van der Waals surface area (Å²) in [5, 5.41) is 12.3.